The van der Waals surface area contributed by atoms with Gasteiger partial charge in [0, 0.05) is 18.6 Å². The smallest absolute Gasteiger partial charge is 0.0223 e. The van der Waals surface area contributed by atoms with E-state index in [1.807, 2.05) is 0 Å². The summed E-state index contributed by atoms with van der Waals surface area (Å²) in [5, 5.41) is 3.56. The van der Waals surface area contributed by atoms with Crippen LogP contribution in [0, 0.1) is 0 Å². The molecule has 1 N–H and O–H groups in total. The molecular formula is C15H33N3. The molecule has 0 radical (unpaired) electrons. The zero-order valence-corrected chi connectivity index (χ0v) is 12.9. The molecule has 0 bridgehead atoms. The van der Waals surface area contributed by atoms with Gasteiger partial charge in [-0.3, -0.25) is 4.90 Å². The topological polar surface area (TPSA) is 18.5 Å². The van der Waals surface area contributed by atoms with E-state index in [1.165, 1.54) is 51.9 Å². The van der Waals surface area contributed by atoms with Crippen LogP contribution in [0.1, 0.15) is 46.5 Å². The molecule has 3 nitrogen and oxygen atoms in total. The summed E-state index contributed by atoms with van der Waals surface area (Å²) in [5.41, 5.74) is 0. The summed E-state index contributed by atoms with van der Waals surface area (Å²) in [5.74, 6) is 0. The summed E-state index contributed by atoms with van der Waals surface area (Å²) >= 11 is 0. The molecule has 1 fully saturated rings. The van der Waals surface area contributed by atoms with Gasteiger partial charge in [-0.1, -0.05) is 13.8 Å². The van der Waals surface area contributed by atoms with Crippen molar-refractivity contribution in [3.63, 3.8) is 0 Å². The minimum atomic E-state index is 0.651. The number of nitrogens with one attached hydrogen (secondary N) is 1. The van der Waals surface area contributed by atoms with E-state index in [2.05, 4.69) is 42.9 Å². The highest BCUT2D eigenvalue weighted by Crippen LogP contribution is 2.17. The highest BCUT2D eigenvalue weighted by molar-refractivity contribution is 4.80. The Morgan fingerprint density at radius 3 is 2.83 bits per heavy atom. The molecule has 1 rings (SSSR count). The Bertz CT molecular complexity index is 208. The first-order valence-corrected chi connectivity index (χ1v) is 7.83. The van der Waals surface area contributed by atoms with Crippen molar-refractivity contribution in [2.45, 2.75) is 58.5 Å². The second-order valence-electron chi connectivity index (χ2n) is 5.83. The minimum absolute atomic E-state index is 0.651. The molecule has 0 aliphatic carbocycles. The zero-order valence-electron chi connectivity index (χ0n) is 12.9. The van der Waals surface area contributed by atoms with Gasteiger partial charge in [0.1, 0.15) is 0 Å². The average Bonchev–Trinajstić information content (AvgIpc) is 2.81. The first kappa shape index (κ1) is 15.9. The molecule has 2 atom stereocenters. The van der Waals surface area contributed by atoms with Crippen molar-refractivity contribution in [1.82, 2.24) is 15.1 Å². The van der Waals surface area contributed by atoms with Gasteiger partial charge in [0.25, 0.3) is 0 Å². The van der Waals surface area contributed by atoms with Crippen LogP contribution in [-0.4, -0.2) is 61.7 Å². The Kier molecular flexibility index (Phi) is 7.87. The van der Waals surface area contributed by atoms with Gasteiger partial charge >= 0.3 is 0 Å². The molecule has 0 saturated carbocycles. The fourth-order valence-electron chi connectivity index (χ4n) is 2.88. The number of likely N-dealkylation sites (tertiary alicyclic amines) is 1. The molecular weight excluding hydrogens is 222 g/mol. The first-order chi connectivity index (χ1) is 8.67. The predicted molar refractivity (Wildman–Crippen MR) is 80.1 cm³/mol. The van der Waals surface area contributed by atoms with Crippen molar-refractivity contribution in [2.75, 3.05) is 39.8 Å². The molecule has 18 heavy (non-hydrogen) atoms. The van der Waals surface area contributed by atoms with E-state index in [0.717, 1.165) is 12.6 Å². The van der Waals surface area contributed by atoms with Crippen LogP contribution in [0.15, 0.2) is 0 Å². The highest BCUT2D eigenvalue weighted by atomic mass is 15.2. The number of hydrogen-bond acceptors (Lipinski definition) is 3. The van der Waals surface area contributed by atoms with E-state index in [9.17, 15) is 0 Å². The largest absolute Gasteiger partial charge is 0.314 e. The molecule has 108 valence electrons. The van der Waals surface area contributed by atoms with Crippen molar-refractivity contribution >= 4 is 0 Å². The summed E-state index contributed by atoms with van der Waals surface area (Å²) in [7, 11) is 2.28. The fourth-order valence-corrected chi connectivity index (χ4v) is 2.88. The fraction of sp³-hybridized carbons (Fsp3) is 1.00. The molecule has 0 spiro atoms. The molecule has 0 amide bonds. The standard InChI is InChI=1S/C15H33N3/c1-5-10-16-14(3)9-12-17(4)13-15-8-7-11-18(15)6-2/h14-16H,5-13H2,1-4H3. The Labute approximate surface area is 114 Å². The molecule has 0 aromatic heterocycles. The van der Waals surface area contributed by atoms with Crippen LogP contribution in [-0.2, 0) is 0 Å². The van der Waals surface area contributed by atoms with Crippen molar-refractivity contribution in [1.29, 1.82) is 0 Å². The van der Waals surface area contributed by atoms with Gasteiger partial charge in [-0.05, 0) is 65.8 Å². The number of rotatable bonds is 9. The molecule has 1 aliphatic rings. The number of likely N-dealkylation sites (N-methyl/N-ethyl adjacent to an activating group) is 2. The van der Waals surface area contributed by atoms with E-state index in [1.54, 1.807) is 0 Å². The Hall–Kier alpha value is -0.120. The molecule has 1 heterocycles. The third kappa shape index (κ3) is 5.68. The molecule has 1 saturated heterocycles. The SMILES string of the molecule is CCCNC(C)CCN(C)CC1CCCN1CC. The van der Waals surface area contributed by atoms with Gasteiger partial charge in [-0.2, -0.15) is 0 Å². The quantitative estimate of drug-likeness (QED) is 0.681. The number of nitrogens with zero attached hydrogens (tertiary/aromatic N) is 2. The number of hydrogen-bond donors (Lipinski definition) is 1. The van der Waals surface area contributed by atoms with Crippen LogP contribution in [0.3, 0.4) is 0 Å². The lowest BCUT2D eigenvalue weighted by molar-refractivity contribution is 0.194. The van der Waals surface area contributed by atoms with Crippen LogP contribution in [0.2, 0.25) is 0 Å². The van der Waals surface area contributed by atoms with Gasteiger partial charge in [-0.25, -0.2) is 0 Å². The Morgan fingerprint density at radius 1 is 1.39 bits per heavy atom. The lowest BCUT2D eigenvalue weighted by Crippen LogP contribution is -2.40. The summed E-state index contributed by atoms with van der Waals surface area (Å²) in [6.07, 6.45) is 5.27. The van der Waals surface area contributed by atoms with E-state index in [4.69, 9.17) is 0 Å². The maximum Gasteiger partial charge on any atom is 0.0223 e. The molecule has 1 aliphatic heterocycles. The third-order valence-corrected chi connectivity index (χ3v) is 4.11. The summed E-state index contributed by atoms with van der Waals surface area (Å²) < 4.78 is 0. The molecule has 0 aromatic carbocycles. The summed E-state index contributed by atoms with van der Waals surface area (Å²) in [6, 6.07) is 1.46. The van der Waals surface area contributed by atoms with E-state index >= 15 is 0 Å². The average molecular weight is 255 g/mol. The first-order valence-electron chi connectivity index (χ1n) is 7.83. The Morgan fingerprint density at radius 2 is 2.17 bits per heavy atom. The summed E-state index contributed by atoms with van der Waals surface area (Å²) in [4.78, 5) is 5.15. The van der Waals surface area contributed by atoms with Crippen LogP contribution in [0.4, 0.5) is 0 Å². The normalized spacial score (nSPS) is 22.8. The van der Waals surface area contributed by atoms with Gasteiger partial charge < -0.3 is 10.2 Å². The van der Waals surface area contributed by atoms with Gasteiger partial charge in [-0.15, -0.1) is 0 Å². The second-order valence-corrected chi connectivity index (χ2v) is 5.83. The van der Waals surface area contributed by atoms with Crippen molar-refractivity contribution in [3.05, 3.63) is 0 Å². The molecule has 0 aromatic rings. The minimum Gasteiger partial charge on any atom is -0.314 e. The van der Waals surface area contributed by atoms with Crippen LogP contribution in [0.25, 0.3) is 0 Å². The second kappa shape index (κ2) is 8.89. The van der Waals surface area contributed by atoms with Gasteiger partial charge in [0.2, 0.25) is 0 Å². The van der Waals surface area contributed by atoms with E-state index in [-0.39, 0.29) is 0 Å². The zero-order chi connectivity index (χ0) is 13.4. The lowest BCUT2D eigenvalue weighted by Gasteiger charge is -2.28. The summed E-state index contributed by atoms with van der Waals surface area (Å²) in [6.45, 7) is 12.9. The van der Waals surface area contributed by atoms with E-state index in [0.29, 0.717) is 6.04 Å². The Balaban J connectivity index is 2.14. The maximum absolute atomic E-state index is 3.56. The van der Waals surface area contributed by atoms with Crippen molar-refractivity contribution in [2.24, 2.45) is 0 Å². The van der Waals surface area contributed by atoms with Crippen LogP contribution < -0.4 is 5.32 Å². The highest BCUT2D eigenvalue weighted by Gasteiger charge is 2.23. The lowest BCUT2D eigenvalue weighted by atomic mass is 10.2. The molecule has 2 unspecified atom stereocenters. The monoisotopic (exact) mass is 255 g/mol. The maximum atomic E-state index is 3.56. The molecule has 3 heteroatoms. The van der Waals surface area contributed by atoms with Crippen LogP contribution >= 0.6 is 0 Å². The third-order valence-electron chi connectivity index (χ3n) is 4.11. The van der Waals surface area contributed by atoms with Gasteiger partial charge in [0.05, 0.1) is 0 Å². The van der Waals surface area contributed by atoms with Crippen molar-refractivity contribution < 1.29 is 0 Å². The van der Waals surface area contributed by atoms with Crippen molar-refractivity contribution in [3.8, 4) is 0 Å². The predicted octanol–water partition coefficient (Wildman–Crippen LogP) is 2.18. The van der Waals surface area contributed by atoms with E-state index < -0.39 is 0 Å². The van der Waals surface area contributed by atoms with Crippen LogP contribution in [0.5, 0.6) is 0 Å². The van der Waals surface area contributed by atoms with Gasteiger partial charge in [0.15, 0.2) is 0 Å².